The second-order valence-electron chi connectivity index (χ2n) is 7.79. The van der Waals surface area contributed by atoms with E-state index in [4.69, 9.17) is 11.6 Å². The monoisotopic (exact) mass is 357 g/mol. The lowest BCUT2D eigenvalue weighted by molar-refractivity contribution is 0.0536. The standard InChI is InChI=1S/C20H24ClN3O/c1-14-10-17(16-11-15(21)4-5-18(16)22-14)19(25)24-8-3-6-20(13-24)7-9-23(2)12-20/h4-5,10-11H,3,6-9,12-13H2,1-2H3. The van der Waals surface area contributed by atoms with Crippen LogP contribution in [0.1, 0.15) is 35.3 Å². The molecule has 2 aliphatic rings. The molecule has 1 amide bonds. The number of hydrogen-bond acceptors (Lipinski definition) is 3. The second-order valence-corrected chi connectivity index (χ2v) is 8.23. The molecule has 0 saturated carbocycles. The lowest BCUT2D eigenvalue weighted by atomic mass is 9.79. The third kappa shape index (κ3) is 3.13. The fraction of sp³-hybridized carbons (Fsp3) is 0.500. The molecule has 0 N–H and O–H groups in total. The molecular weight excluding hydrogens is 334 g/mol. The number of amides is 1. The molecule has 0 bridgehead atoms. The molecular formula is C20H24ClN3O. The molecule has 25 heavy (non-hydrogen) atoms. The summed E-state index contributed by atoms with van der Waals surface area (Å²) in [5.74, 6) is 0.117. The van der Waals surface area contributed by atoms with E-state index in [1.807, 2.05) is 31.2 Å². The molecule has 2 aliphatic heterocycles. The van der Waals surface area contributed by atoms with E-state index in [1.54, 1.807) is 0 Å². The normalized spacial score (nSPS) is 24.4. The van der Waals surface area contributed by atoms with Crippen molar-refractivity contribution in [1.82, 2.24) is 14.8 Å². The van der Waals surface area contributed by atoms with E-state index in [2.05, 4.69) is 21.8 Å². The number of piperidine rings is 1. The highest BCUT2D eigenvalue weighted by atomic mass is 35.5. The summed E-state index contributed by atoms with van der Waals surface area (Å²) >= 11 is 6.18. The van der Waals surface area contributed by atoms with Gasteiger partial charge in [-0.05, 0) is 64.0 Å². The number of nitrogens with zero attached hydrogens (tertiary/aromatic N) is 3. The van der Waals surface area contributed by atoms with Gasteiger partial charge in [-0.25, -0.2) is 0 Å². The zero-order chi connectivity index (χ0) is 17.6. The smallest absolute Gasteiger partial charge is 0.254 e. The molecule has 2 aromatic rings. The summed E-state index contributed by atoms with van der Waals surface area (Å²) in [7, 11) is 2.18. The number of pyridine rings is 1. The second kappa shape index (κ2) is 6.26. The van der Waals surface area contributed by atoms with Crippen LogP contribution in [0.4, 0.5) is 0 Å². The number of carbonyl (C=O) groups excluding carboxylic acids is 1. The predicted octanol–water partition coefficient (Wildman–Crippen LogP) is 3.75. The summed E-state index contributed by atoms with van der Waals surface area (Å²) in [5, 5.41) is 1.49. The van der Waals surface area contributed by atoms with Crippen molar-refractivity contribution in [1.29, 1.82) is 0 Å². The average molecular weight is 358 g/mol. The summed E-state index contributed by atoms with van der Waals surface area (Å²) in [6.07, 6.45) is 3.50. The zero-order valence-electron chi connectivity index (χ0n) is 14.9. The van der Waals surface area contributed by atoms with Crippen LogP contribution < -0.4 is 0 Å². The Morgan fingerprint density at radius 1 is 1.20 bits per heavy atom. The van der Waals surface area contributed by atoms with Crippen LogP contribution in [0.5, 0.6) is 0 Å². The van der Waals surface area contributed by atoms with Gasteiger partial charge in [0, 0.05) is 41.2 Å². The first-order valence-electron chi connectivity index (χ1n) is 9.01. The first-order valence-corrected chi connectivity index (χ1v) is 9.38. The highest BCUT2D eigenvalue weighted by Gasteiger charge is 2.41. The zero-order valence-corrected chi connectivity index (χ0v) is 15.6. The van der Waals surface area contributed by atoms with E-state index >= 15 is 0 Å². The van der Waals surface area contributed by atoms with Gasteiger partial charge in [0.25, 0.3) is 5.91 Å². The van der Waals surface area contributed by atoms with Gasteiger partial charge in [-0.2, -0.15) is 0 Å². The Kier molecular flexibility index (Phi) is 4.20. The maximum Gasteiger partial charge on any atom is 0.254 e. The van der Waals surface area contributed by atoms with Crippen molar-refractivity contribution in [3.8, 4) is 0 Å². The number of carbonyl (C=O) groups is 1. The third-order valence-electron chi connectivity index (χ3n) is 5.71. The predicted molar refractivity (Wildman–Crippen MR) is 101 cm³/mol. The van der Waals surface area contributed by atoms with Gasteiger partial charge in [-0.1, -0.05) is 11.6 Å². The van der Waals surface area contributed by atoms with E-state index in [0.29, 0.717) is 5.02 Å². The molecule has 5 heteroatoms. The molecule has 1 aromatic carbocycles. The van der Waals surface area contributed by atoms with Gasteiger partial charge in [0.2, 0.25) is 0 Å². The molecule has 2 saturated heterocycles. The van der Waals surface area contributed by atoms with Crippen LogP contribution in [0.25, 0.3) is 10.9 Å². The lowest BCUT2D eigenvalue weighted by Gasteiger charge is -2.40. The van der Waals surface area contributed by atoms with Crippen molar-refractivity contribution in [3.63, 3.8) is 0 Å². The Balaban J connectivity index is 1.69. The number of fused-ring (bicyclic) bond motifs is 1. The Morgan fingerprint density at radius 3 is 2.80 bits per heavy atom. The Hall–Kier alpha value is -1.65. The van der Waals surface area contributed by atoms with Crippen molar-refractivity contribution in [2.24, 2.45) is 5.41 Å². The van der Waals surface area contributed by atoms with Crippen molar-refractivity contribution in [3.05, 3.63) is 40.5 Å². The van der Waals surface area contributed by atoms with Gasteiger partial charge in [0.1, 0.15) is 0 Å². The number of likely N-dealkylation sites (tertiary alicyclic amines) is 2. The largest absolute Gasteiger partial charge is 0.338 e. The molecule has 1 aromatic heterocycles. The number of hydrogen-bond donors (Lipinski definition) is 0. The minimum absolute atomic E-state index is 0.117. The first-order chi connectivity index (χ1) is 12.0. The summed E-state index contributed by atoms with van der Waals surface area (Å²) in [4.78, 5) is 22.3. The van der Waals surface area contributed by atoms with Crippen molar-refractivity contribution in [2.45, 2.75) is 26.2 Å². The van der Waals surface area contributed by atoms with Gasteiger partial charge in [0.15, 0.2) is 0 Å². The summed E-state index contributed by atoms with van der Waals surface area (Å²) in [6, 6.07) is 7.49. The molecule has 132 valence electrons. The maximum atomic E-state index is 13.3. The van der Waals surface area contributed by atoms with Crippen LogP contribution in [0.2, 0.25) is 5.02 Å². The summed E-state index contributed by atoms with van der Waals surface area (Å²) in [6.45, 7) is 5.87. The topological polar surface area (TPSA) is 36.4 Å². The van der Waals surface area contributed by atoms with E-state index < -0.39 is 0 Å². The molecule has 0 aliphatic carbocycles. The van der Waals surface area contributed by atoms with Crippen LogP contribution in [0.3, 0.4) is 0 Å². The van der Waals surface area contributed by atoms with Gasteiger partial charge < -0.3 is 9.80 Å². The van der Waals surface area contributed by atoms with Gasteiger partial charge in [0.05, 0.1) is 11.1 Å². The number of aryl methyl sites for hydroxylation is 1. The fourth-order valence-corrected chi connectivity index (χ4v) is 4.72. The Labute approximate surface area is 153 Å². The Bertz CT molecular complexity index is 833. The van der Waals surface area contributed by atoms with E-state index in [1.165, 1.54) is 12.8 Å². The lowest BCUT2D eigenvalue weighted by Crippen LogP contribution is -2.47. The minimum Gasteiger partial charge on any atom is -0.338 e. The van der Waals surface area contributed by atoms with Crippen LogP contribution in [0.15, 0.2) is 24.3 Å². The number of halogens is 1. The van der Waals surface area contributed by atoms with Crippen LogP contribution in [0, 0.1) is 12.3 Å². The molecule has 2 fully saturated rings. The quantitative estimate of drug-likeness (QED) is 0.779. The van der Waals surface area contributed by atoms with Crippen LogP contribution in [-0.2, 0) is 0 Å². The average Bonchev–Trinajstić information content (AvgIpc) is 2.94. The number of aromatic nitrogens is 1. The third-order valence-corrected chi connectivity index (χ3v) is 5.94. The van der Waals surface area contributed by atoms with Crippen LogP contribution >= 0.6 is 11.6 Å². The Morgan fingerprint density at radius 2 is 2.04 bits per heavy atom. The molecule has 0 radical (unpaired) electrons. The minimum atomic E-state index is 0.117. The highest BCUT2D eigenvalue weighted by Crippen LogP contribution is 2.39. The van der Waals surface area contributed by atoms with E-state index in [9.17, 15) is 4.79 Å². The summed E-state index contributed by atoms with van der Waals surface area (Å²) < 4.78 is 0. The molecule has 1 spiro atoms. The molecule has 1 atom stereocenters. The van der Waals surface area contributed by atoms with Gasteiger partial charge >= 0.3 is 0 Å². The number of rotatable bonds is 1. The SMILES string of the molecule is Cc1cc(C(=O)N2CCCC3(CCN(C)C3)C2)c2cc(Cl)ccc2n1. The van der Waals surface area contributed by atoms with Gasteiger partial charge in [-0.15, -0.1) is 0 Å². The van der Waals surface area contributed by atoms with E-state index in [0.717, 1.165) is 54.8 Å². The highest BCUT2D eigenvalue weighted by molar-refractivity contribution is 6.31. The van der Waals surface area contributed by atoms with Crippen molar-refractivity contribution < 1.29 is 4.79 Å². The van der Waals surface area contributed by atoms with Crippen molar-refractivity contribution in [2.75, 3.05) is 33.2 Å². The molecule has 3 heterocycles. The van der Waals surface area contributed by atoms with Gasteiger partial charge in [-0.3, -0.25) is 9.78 Å². The summed E-state index contributed by atoms with van der Waals surface area (Å²) in [5.41, 5.74) is 2.71. The van der Waals surface area contributed by atoms with Crippen molar-refractivity contribution >= 4 is 28.4 Å². The molecule has 4 rings (SSSR count). The maximum absolute atomic E-state index is 13.3. The van der Waals surface area contributed by atoms with E-state index in [-0.39, 0.29) is 11.3 Å². The molecule has 1 unspecified atom stereocenters. The fourth-order valence-electron chi connectivity index (χ4n) is 4.55. The van der Waals surface area contributed by atoms with Crippen LogP contribution in [-0.4, -0.2) is 53.9 Å². The number of benzene rings is 1. The first kappa shape index (κ1) is 16.8. The molecule has 4 nitrogen and oxygen atoms in total.